The van der Waals surface area contributed by atoms with E-state index in [1.165, 1.54) is 13.8 Å². The summed E-state index contributed by atoms with van der Waals surface area (Å²) in [5.41, 5.74) is -3.27. The molecule has 0 aromatic heterocycles. The van der Waals surface area contributed by atoms with E-state index in [1.54, 1.807) is 0 Å². The third kappa shape index (κ3) is 3.47. The zero-order valence-corrected chi connectivity index (χ0v) is 10.2. The lowest BCUT2D eigenvalue weighted by atomic mass is 10.0. The van der Waals surface area contributed by atoms with E-state index in [4.69, 9.17) is 6.42 Å². The Balaban J connectivity index is 3.17. The molecule has 6 heteroatoms. The van der Waals surface area contributed by atoms with Crippen LogP contribution in [-0.4, -0.2) is 11.4 Å². The second-order valence-corrected chi connectivity index (χ2v) is 4.39. The number of amides is 1. The van der Waals surface area contributed by atoms with Crippen LogP contribution in [0.4, 0.5) is 17.6 Å². The van der Waals surface area contributed by atoms with Gasteiger partial charge in [-0.25, -0.2) is 4.39 Å². The summed E-state index contributed by atoms with van der Waals surface area (Å²) in [6.07, 6.45) is 0.272. The summed E-state index contributed by atoms with van der Waals surface area (Å²) >= 11 is 0. The summed E-state index contributed by atoms with van der Waals surface area (Å²) in [4.78, 5) is 11.7. The van der Waals surface area contributed by atoms with Crippen molar-refractivity contribution in [1.29, 1.82) is 0 Å². The number of rotatable bonds is 2. The van der Waals surface area contributed by atoms with E-state index >= 15 is 0 Å². The molecule has 0 saturated heterocycles. The first-order valence-corrected chi connectivity index (χ1v) is 5.24. The van der Waals surface area contributed by atoms with Gasteiger partial charge in [0.05, 0.1) is 16.7 Å². The molecule has 2 nitrogen and oxygen atoms in total. The Morgan fingerprint density at radius 2 is 1.89 bits per heavy atom. The SMILES string of the molecule is C#CC(C)(C)NC(=O)c1cccc(C(F)(F)F)c1F. The van der Waals surface area contributed by atoms with Crippen LogP contribution in [-0.2, 0) is 6.18 Å². The number of carbonyl (C=O) groups is 1. The lowest BCUT2D eigenvalue weighted by Gasteiger charge is -2.20. The summed E-state index contributed by atoms with van der Waals surface area (Å²) in [5, 5.41) is 2.26. The third-order valence-corrected chi connectivity index (χ3v) is 2.34. The maximum atomic E-state index is 13.7. The van der Waals surface area contributed by atoms with E-state index in [0.717, 1.165) is 12.1 Å². The minimum atomic E-state index is -4.86. The van der Waals surface area contributed by atoms with Crippen LogP contribution in [0.25, 0.3) is 0 Å². The van der Waals surface area contributed by atoms with Gasteiger partial charge in [0.25, 0.3) is 5.91 Å². The molecule has 0 radical (unpaired) electrons. The minimum Gasteiger partial charge on any atom is -0.336 e. The van der Waals surface area contributed by atoms with Crippen molar-refractivity contribution in [1.82, 2.24) is 5.32 Å². The number of halogens is 4. The molecule has 19 heavy (non-hydrogen) atoms. The average molecular weight is 273 g/mol. The Kier molecular flexibility index (Phi) is 3.89. The summed E-state index contributed by atoms with van der Waals surface area (Å²) < 4.78 is 51.1. The van der Waals surface area contributed by atoms with Crippen molar-refractivity contribution >= 4 is 5.91 Å². The van der Waals surface area contributed by atoms with Gasteiger partial charge in [-0.1, -0.05) is 12.0 Å². The van der Waals surface area contributed by atoms with Crippen molar-refractivity contribution in [3.63, 3.8) is 0 Å². The van der Waals surface area contributed by atoms with Gasteiger partial charge in [0.15, 0.2) is 0 Å². The predicted octanol–water partition coefficient (Wildman–Crippen LogP) is 2.99. The van der Waals surface area contributed by atoms with Crippen LogP contribution in [0.3, 0.4) is 0 Å². The highest BCUT2D eigenvalue weighted by molar-refractivity contribution is 5.95. The Bertz CT molecular complexity index is 541. The van der Waals surface area contributed by atoms with Gasteiger partial charge in [0.1, 0.15) is 5.82 Å². The van der Waals surface area contributed by atoms with Crippen LogP contribution in [0.15, 0.2) is 18.2 Å². The fourth-order valence-corrected chi connectivity index (χ4v) is 1.31. The first-order valence-electron chi connectivity index (χ1n) is 5.24. The quantitative estimate of drug-likeness (QED) is 0.651. The van der Waals surface area contributed by atoms with Crippen molar-refractivity contribution in [2.75, 3.05) is 0 Å². The molecule has 0 spiro atoms. The fraction of sp³-hybridized carbons (Fsp3) is 0.308. The normalized spacial score (nSPS) is 11.8. The number of hydrogen-bond donors (Lipinski definition) is 1. The molecule has 1 N–H and O–H groups in total. The molecular formula is C13H11F4NO. The Morgan fingerprint density at radius 3 is 2.37 bits per heavy atom. The molecule has 0 aliphatic carbocycles. The predicted molar refractivity (Wildman–Crippen MR) is 61.8 cm³/mol. The minimum absolute atomic E-state index is 0.568. The molecule has 1 aromatic carbocycles. The maximum Gasteiger partial charge on any atom is 0.419 e. The van der Waals surface area contributed by atoms with Gasteiger partial charge in [-0.2, -0.15) is 13.2 Å². The standard InChI is InChI=1S/C13H11F4NO/c1-4-12(2,3)18-11(19)8-6-5-7-9(10(8)14)13(15,16)17/h1,5-7H,2-3H3,(H,18,19). The van der Waals surface area contributed by atoms with Crippen LogP contribution in [0, 0.1) is 18.2 Å². The molecule has 102 valence electrons. The van der Waals surface area contributed by atoms with Crippen LogP contribution >= 0.6 is 0 Å². The molecule has 0 bridgehead atoms. The van der Waals surface area contributed by atoms with Crippen molar-refractivity contribution in [3.8, 4) is 12.3 Å². The first-order chi connectivity index (χ1) is 8.58. The number of alkyl halides is 3. The van der Waals surface area contributed by atoms with E-state index < -0.39 is 34.6 Å². The van der Waals surface area contributed by atoms with Gasteiger partial charge in [0, 0.05) is 0 Å². The monoisotopic (exact) mass is 273 g/mol. The highest BCUT2D eigenvalue weighted by atomic mass is 19.4. The van der Waals surface area contributed by atoms with Crippen LogP contribution < -0.4 is 5.32 Å². The number of carbonyl (C=O) groups excluding carboxylic acids is 1. The molecule has 0 fully saturated rings. The molecule has 1 amide bonds. The van der Waals surface area contributed by atoms with Gasteiger partial charge in [-0.3, -0.25) is 4.79 Å². The fourth-order valence-electron chi connectivity index (χ4n) is 1.31. The van der Waals surface area contributed by atoms with Gasteiger partial charge >= 0.3 is 6.18 Å². The maximum absolute atomic E-state index is 13.7. The molecule has 0 aliphatic rings. The van der Waals surface area contributed by atoms with Crippen molar-refractivity contribution in [2.45, 2.75) is 25.6 Å². The van der Waals surface area contributed by atoms with Crippen LogP contribution in [0.2, 0.25) is 0 Å². The first kappa shape index (κ1) is 15.0. The lowest BCUT2D eigenvalue weighted by Crippen LogP contribution is -2.42. The second kappa shape index (κ2) is 4.92. The number of nitrogens with one attached hydrogen (secondary N) is 1. The summed E-state index contributed by atoms with van der Waals surface area (Å²) in [6, 6.07) is 2.49. The molecular weight excluding hydrogens is 262 g/mol. The third-order valence-electron chi connectivity index (χ3n) is 2.34. The molecule has 1 aromatic rings. The molecule has 0 unspecified atom stereocenters. The van der Waals surface area contributed by atoms with Gasteiger partial charge in [-0.05, 0) is 26.0 Å². The molecule has 0 atom stereocenters. The summed E-state index contributed by atoms with van der Waals surface area (Å²) in [5.74, 6) is -0.375. The summed E-state index contributed by atoms with van der Waals surface area (Å²) in [7, 11) is 0. The van der Waals surface area contributed by atoms with E-state index in [9.17, 15) is 22.4 Å². The highest BCUT2D eigenvalue weighted by Crippen LogP contribution is 2.32. The van der Waals surface area contributed by atoms with Crippen molar-refractivity contribution < 1.29 is 22.4 Å². The lowest BCUT2D eigenvalue weighted by molar-refractivity contribution is -0.140. The van der Waals surface area contributed by atoms with E-state index in [2.05, 4.69) is 11.2 Å². The number of hydrogen-bond acceptors (Lipinski definition) is 1. The summed E-state index contributed by atoms with van der Waals surface area (Å²) in [6.45, 7) is 2.94. The molecule has 1 rings (SSSR count). The van der Waals surface area contributed by atoms with Crippen molar-refractivity contribution in [3.05, 3.63) is 35.1 Å². The Hall–Kier alpha value is -2.03. The van der Waals surface area contributed by atoms with Gasteiger partial charge in [0.2, 0.25) is 0 Å². The Labute approximate surface area is 107 Å². The van der Waals surface area contributed by atoms with E-state index in [1.807, 2.05) is 0 Å². The van der Waals surface area contributed by atoms with Gasteiger partial charge < -0.3 is 5.32 Å². The largest absolute Gasteiger partial charge is 0.419 e. The van der Waals surface area contributed by atoms with E-state index in [-0.39, 0.29) is 0 Å². The topological polar surface area (TPSA) is 29.1 Å². The van der Waals surface area contributed by atoms with Crippen LogP contribution in [0.1, 0.15) is 29.8 Å². The van der Waals surface area contributed by atoms with Crippen LogP contribution in [0.5, 0.6) is 0 Å². The Morgan fingerprint density at radius 1 is 1.32 bits per heavy atom. The second-order valence-electron chi connectivity index (χ2n) is 4.39. The smallest absolute Gasteiger partial charge is 0.336 e. The number of terminal acetylenes is 1. The van der Waals surface area contributed by atoms with E-state index in [0.29, 0.717) is 6.07 Å². The van der Waals surface area contributed by atoms with Crippen molar-refractivity contribution in [2.24, 2.45) is 0 Å². The molecule has 0 heterocycles. The molecule has 0 aliphatic heterocycles. The highest BCUT2D eigenvalue weighted by Gasteiger charge is 2.36. The number of benzene rings is 1. The zero-order chi connectivity index (χ0) is 14.8. The molecule has 0 saturated carbocycles. The van der Waals surface area contributed by atoms with Gasteiger partial charge in [-0.15, -0.1) is 6.42 Å². The zero-order valence-electron chi connectivity index (χ0n) is 10.2. The average Bonchev–Trinajstić information content (AvgIpc) is 2.27.